The highest BCUT2D eigenvalue weighted by Gasteiger charge is 2.09. The predicted octanol–water partition coefficient (Wildman–Crippen LogP) is 3.79. The summed E-state index contributed by atoms with van der Waals surface area (Å²) in [6.07, 6.45) is 2.83. The van der Waals surface area contributed by atoms with Crippen LogP contribution in [0.5, 0.6) is 0 Å². The topological polar surface area (TPSA) is 66.9 Å². The molecule has 0 bridgehead atoms. The number of anilines is 2. The van der Waals surface area contributed by atoms with Crippen molar-refractivity contribution < 1.29 is 9.18 Å². The van der Waals surface area contributed by atoms with Gasteiger partial charge in [-0.2, -0.15) is 0 Å². The molecule has 0 spiro atoms. The van der Waals surface area contributed by atoms with Gasteiger partial charge in [-0.05, 0) is 30.7 Å². The molecule has 6 heteroatoms. The summed E-state index contributed by atoms with van der Waals surface area (Å²) in [5.74, 6) is -0.147. The molecule has 0 saturated heterocycles. The molecule has 0 unspecified atom stereocenters. The smallest absolute Gasteiger partial charge is 0.275 e. The van der Waals surface area contributed by atoms with Gasteiger partial charge in [-0.1, -0.05) is 30.3 Å². The van der Waals surface area contributed by atoms with Crippen molar-refractivity contribution >= 4 is 17.4 Å². The van der Waals surface area contributed by atoms with E-state index in [4.69, 9.17) is 0 Å². The van der Waals surface area contributed by atoms with E-state index < -0.39 is 0 Å². The molecule has 3 rings (SSSR count). The number of aryl methyl sites for hydroxylation is 1. The summed E-state index contributed by atoms with van der Waals surface area (Å²) in [6.45, 7) is 2.24. The Hall–Kier alpha value is -3.28. The van der Waals surface area contributed by atoms with Gasteiger partial charge in [0.2, 0.25) is 0 Å². The Kier molecular flexibility index (Phi) is 4.99. The maximum atomic E-state index is 13.6. The highest BCUT2D eigenvalue weighted by atomic mass is 19.1. The second-order valence-corrected chi connectivity index (χ2v) is 5.56. The highest BCUT2D eigenvalue weighted by molar-refractivity contribution is 6.02. The van der Waals surface area contributed by atoms with Crippen LogP contribution < -0.4 is 10.6 Å². The molecular weight excluding hydrogens is 319 g/mol. The molecule has 0 aliphatic heterocycles. The van der Waals surface area contributed by atoms with Crippen LogP contribution >= 0.6 is 0 Å². The Labute approximate surface area is 145 Å². The normalized spacial score (nSPS) is 10.3. The van der Waals surface area contributed by atoms with Crippen LogP contribution in [-0.4, -0.2) is 15.9 Å². The Morgan fingerprint density at radius 1 is 1.08 bits per heavy atom. The summed E-state index contributed by atoms with van der Waals surface area (Å²) < 4.78 is 13.6. The fourth-order valence-electron chi connectivity index (χ4n) is 2.28. The number of carbonyl (C=O) groups excluding carboxylic acids is 1. The van der Waals surface area contributed by atoms with E-state index in [1.54, 1.807) is 18.2 Å². The zero-order chi connectivity index (χ0) is 17.6. The molecule has 0 saturated carbocycles. The second kappa shape index (κ2) is 7.53. The predicted molar refractivity (Wildman–Crippen MR) is 94.9 cm³/mol. The van der Waals surface area contributed by atoms with Crippen LogP contribution in [-0.2, 0) is 6.54 Å². The van der Waals surface area contributed by atoms with E-state index in [0.29, 0.717) is 17.1 Å². The first-order valence-electron chi connectivity index (χ1n) is 7.79. The van der Waals surface area contributed by atoms with E-state index >= 15 is 0 Å². The van der Waals surface area contributed by atoms with Crippen molar-refractivity contribution in [2.75, 3.05) is 10.6 Å². The van der Waals surface area contributed by atoms with Crippen LogP contribution in [0.1, 0.15) is 21.6 Å². The lowest BCUT2D eigenvalue weighted by Gasteiger charge is -2.08. The van der Waals surface area contributed by atoms with Crippen LogP contribution in [0.2, 0.25) is 0 Å². The van der Waals surface area contributed by atoms with Crippen molar-refractivity contribution in [3.8, 4) is 0 Å². The van der Waals surface area contributed by atoms with Gasteiger partial charge >= 0.3 is 0 Å². The molecule has 3 aromatic rings. The number of halogens is 1. The zero-order valence-corrected chi connectivity index (χ0v) is 13.7. The van der Waals surface area contributed by atoms with Crippen molar-refractivity contribution in [2.45, 2.75) is 13.5 Å². The van der Waals surface area contributed by atoms with Gasteiger partial charge in [-0.3, -0.25) is 4.79 Å². The Balaban J connectivity index is 1.61. The molecule has 2 N–H and O–H groups in total. The van der Waals surface area contributed by atoms with Gasteiger partial charge in [-0.25, -0.2) is 14.4 Å². The third kappa shape index (κ3) is 4.38. The van der Waals surface area contributed by atoms with Crippen LogP contribution in [0.3, 0.4) is 0 Å². The van der Waals surface area contributed by atoms with Crippen LogP contribution in [0.25, 0.3) is 0 Å². The fourth-order valence-corrected chi connectivity index (χ4v) is 2.28. The van der Waals surface area contributed by atoms with Gasteiger partial charge < -0.3 is 10.6 Å². The van der Waals surface area contributed by atoms with Crippen molar-refractivity contribution in [1.29, 1.82) is 0 Å². The average Bonchev–Trinajstić information content (AvgIpc) is 2.61. The minimum absolute atomic E-state index is 0.206. The first-order chi connectivity index (χ1) is 12.1. The number of carbonyl (C=O) groups is 1. The third-order valence-electron chi connectivity index (χ3n) is 3.58. The molecule has 0 atom stereocenters. The largest absolute Gasteiger partial charge is 0.365 e. The van der Waals surface area contributed by atoms with E-state index in [0.717, 1.165) is 5.56 Å². The summed E-state index contributed by atoms with van der Waals surface area (Å²) in [6, 6.07) is 14.0. The summed E-state index contributed by atoms with van der Waals surface area (Å²) in [7, 11) is 0. The van der Waals surface area contributed by atoms with Crippen molar-refractivity contribution in [2.24, 2.45) is 0 Å². The summed E-state index contributed by atoms with van der Waals surface area (Å²) in [5, 5.41) is 5.75. The average molecular weight is 336 g/mol. The number of hydrogen-bond acceptors (Lipinski definition) is 4. The van der Waals surface area contributed by atoms with Gasteiger partial charge in [0.05, 0.1) is 12.4 Å². The van der Waals surface area contributed by atoms with Crippen LogP contribution in [0.4, 0.5) is 15.9 Å². The quantitative estimate of drug-likeness (QED) is 0.744. The SMILES string of the molecule is Cc1cccc(NC(=O)c2cnc(NCc3ccccc3F)cn2)c1. The number of nitrogens with zero attached hydrogens (tertiary/aromatic N) is 2. The molecule has 0 aliphatic carbocycles. The number of aromatic nitrogens is 2. The number of nitrogens with one attached hydrogen (secondary N) is 2. The Morgan fingerprint density at radius 3 is 2.64 bits per heavy atom. The van der Waals surface area contributed by atoms with Crippen LogP contribution in [0, 0.1) is 12.7 Å². The van der Waals surface area contributed by atoms with E-state index in [2.05, 4.69) is 20.6 Å². The molecule has 126 valence electrons. The molecular formula is C19H17FN4O. The van der Waals surface area contributed by atoms with E-state index in [1.165, 1.54) is 18.5 Å². The number of benzene rings is 2. The lowest BCUT2D eigenvalue weighted by atomic mass is 10.2. The third-order valence-corrected chi connectivity index (χ3v) is 3.58. The van der Waals surface area contributed by atoms with E-state index in [1.807, 2.05) is 31.2 Å². The first kappa shape index (κ1) is 16.6. The number of rotatable bonds is 5. The summed E-state index contributed by atoms with van der Waals surface area (Å²) >= 11 is 0. The van der Waals surface area contributed by atoms with Gasteiger partial charge in [0, 0.05) is 17.8 Å². The van der Waals surface area contributed by atoms with Crippen molar-refractivity contribution in [1.82, 2.24) is 9.97 Å². The second-order valence-electron chi connectivity index (χ2n) is 5.56. The van der Waals surface area contributed by atoms with Gasteiger partial charge in [0.25, 0.3) is 5.91 Å². The molecule has 1 heterocycles. The number of amides is 1. The van der Waals surface area contributed by atoms with Crippen LogP contribution in [0.15, 0.2) is 60.9 Å². The van der Waals surface area contributed by atoms with Crippen molar-refractivity contribution in [3.63, 3.8) is 0 Å². The Morgan fingerprint density at radius 2 is 1.92 bits per heavy atom. The summed E-state index contributed by atoms with van der Waals surface area (Å²) in [5.41, 5.74) is 2.49. The fraction of sp³-hybridized carbons (Fsp3) is 0.105. The maximum Gasteiger partial charge on any atom is 0.275 e. The Bertz CT molecular complexity index is 881. The standard InChI is InChI=1S/C19H17FN4O/c1-13-5-4-7-15(9-13)24-19(25)17-11-23-18(12-21-17)22-10-14-6-2-3-8-16(14)20/h2-9,11-12H,10H2,1H3,(H,22,23)(H,24,25). The van der Waals surface area contributed by atoms with Gasteiger partial charge in [0.15, 0.2) is 0 Å². The van der Waals surface area contributed by atoms with Gasteiger partial charge in [0.1, 0.15) is 17.3 Å². The lowest BCUT2D eigenvalue weighted by Crippen LogP contribution is -2.14. The minimum Gasteiger partial charge on any atom is -0.365 e. The van der Waals surface area contributed by atoms with E-state index in [-0.39, 0.29) is 24.0 Å². The molecule has 5 nitrogen and oxygen atoms in total. The molecule has 25 heavy (non-hydrogen) atoms. The van der Waals surface area contributed by atoms with Crippen molar-refractivity contribution in [3.05, 3.63) is 83.6 Å². The highest BCUT2D eigenvalue weighted by Crippen LogP contribution is 2.12. The molecule has 1 aromatic heterocycles. The zero-order valence-electron chi connectivity index (χ0n) is 13.7. The molecule has 0 radical (unpaired) electrons. The monoisotopic (exact) mass is 336 g/mol. The molecule has 1 amide bonds. The van der Waals surface area contributed by atoms with Gasteiger partial charge in [-0.15, -0.1) is 0 Å². The maximum absolute atomic E-state index is 13.6. The molecule has 0 fully saturated rings. The molecule has 0 aliphatic rings. The molecule has 2 aromatic carbocycles. The van der Waals surface area contributed by atoms with E-state index in [9.17, 15) is 9.18 Å². The summed E-state index contributed by atoms with van der Waals surface area (Å²) in [4.78, 5) is 20.4. The lowest BCUT2D eigenvalue weighted by molar-refractivity contribution is 0.102. The minimum atomic E-state index is -0.334. The first-order valence-corrected chi connectivity index (χ1v) is 7.79. The number of hydrogen-bond donors (Lipinski definition) is 2.